The number of hydrogen-bond acceptors (Lipinski definition) is 5. The lowest BCUT2D eigenvalue weighted by Crippen LogP contribution is -2.38. The van der Waals surface area contributed by atoms with Gasteiger partial charge in [0.2, 0.25) is 0 Å². The number of nitrogens with one attached hydrogen (secondary N) is 1. The first-order chi connectivity index (χ1) is 18.9. The van der Waals surface area contributed by atoms with Crippen molar-refractivity contribution in [1.29, 1.82) is 0 Å². The third kappa shape index (κ3) is 5.54. The average molecular weight is 548 g/mol. The molecular formula is C32H34FNO6. The molecule has 1 amide bonds. The van der Waals surface area contributed by atoms with Gasteiger partial charge in [-0.05, 0) is 92.6 Å². The van der Waals surface area contributed by atoms with Crippen molar-refractivity contribution >= 4 is 11.9 Å². The van der Waals surface area contributed by atoms with E-state index in [2.05, 4.69) is 5.32 Å². The standard InChI is InChI=1S/C32H34FNO6/c1-17-11-19(31(37)34-16-32(3,4)38)12-18(2)29(17)23-7-9-25(33)30-24(23)8-10-26(30)40-21-5-6-22-20(13-28(35)36)15-39-27(22)14-21/h5-7,9,11-12,14,20,26,38H,8,10,13,15-16H2,1-4H3,(H,34,37)(H,35,36)/t20-,26?/m1/s1. The van der Waals surface area contributed by atoms with Crippen LogP contribution in [0.3, 0.4) is 0 Å². The second-order valence-electron chi connectivity index (χ2n) is 11.4. The number of halogens is 1. The first-order valence-electron chi connectivity index (χ1n) is 13.5. The van der Waals surface area contributed by atoms with Gasteiger partial charge in [0.15, 0.2) is 0 Å². The molecule has 2 aliphatic rings. The zero-order valence-corrected chi connectivity index (χ0v) is 23.1. The fraction of sp³-hybridized carbons (Fsp3) is 0.375. The average Bonchev–Trinajstić information content (AvgIpc) is 3.47. The molecule has 1 heterocycles. The van der Waals surface area contributed by atoms with Crippen LogP contribution < -0.4 is 14.8 Å². The minimum Gasteiger partial charge on any atom is -0.492 e. The molecule has 0 radical (unpaired) electrons. The van der Waals surface area contributed by atoms with Crippen molar-refractivity contribution in [3.8, 4) is 22.6 Å². The monoisotopic (exact) mass is 547 g/mol. The van der Waals surface area contributed by atoms with Gasteiger partial charge in [0.25, 0.3) is 5.91 Å². The van der Waals surface area contributed by atoms with E-state index in [1.807, 2.05) is 32.0 Å². The molecule has 0 saturated carbocycles. The van der Waals surface area contributed by atoms with Crippen molar-refractivity contribution in [3.05, 3.63) is 81.7 Å². The number of fused-ring (bicyclic) bond motifs is 2. The number of ether oxygens (including phenoxy) is 2. The maximum absolute atomic E-state index is 15.3. The van der Waals surface area contributed by atoms with E-state index in [0.29, 0.717) is 42.1 Å². The van der Waals surface area contributed by atoms with Crippen molar-refractivity contribution < 1.29 is 33.7 Å². The number of carboxylic acid groups (broad SMARTS) is 1. The molecule has 5 rings (SSSR count). The first-order valence-corrected chi connectivity index (χ1v) is 13.5. The van der Waals surface area contributed by atoms with Crippen LogP contribution in [0.1, 0.15) is 76.9 Å². The molecule has 1 aliphatic carbocycles. The van der Waals surface area contributed by atoms with Crippen LogP contribution in [-0.2, 0) is 11.2 Å². The molecule has 3 N–H and O–H groups in total. The Balaban J connectivity index is 1.41. The lowest BCUT2D eigenvalue weighted by molar-refractivity contribution is -0.137. The van der Waals surface area contributed by atoms with E-state index < -0.39 is 17.7 Å². The summed E-state index contributed by atoms with van der Waals surface area (Å²) in [5, 5.41) is 21.9. The summed E-state index contributed by atoms with van der Waals surface area (Å²) >= 11 is 0. The molecule has 1 unspecified atom stereocenters. The fourth-order valence-electron chi connectivity index (χ4n) is 5.82. The number of benzene rings is 3. The third-order valence-electron chi connectivity index (χ3n) is 7.59. The van der Waals surface area contributed by atoms with Crippen LogP contribution in [0.2, 0.25) is 0 Å². The van der Waals surface area contributed by atoms with Gasteiger partial charge in [-0.1, -0.05) is 12.1 Å². The van der Waals surface area contributed by atoms with Crippen molar-refractivity contribution in [2.75, 3.05) is 13.2 Å². The maximum atomic E-state index is 15.3. The predicted octanol–water partition coefficient (Wildman–Crippen LogP) is 5.63. The quantitative estimate of drug-likeness (QED) is 0.338. The number of rotatable bonds is 8. The molecule has 0 saturated heterocycles. The molecule has 0 aromatic heterocycles. The summed E-state index contributed by atoms with van der Waals surface area (Å²) in [5.74, 6) is -0.493. The number of carbonyl (C=O) groups excluding carboxylic acids is 1. The number of amides is 1. The Bertz CT molecular complexity index is 1470. The highest BCUT2D eigenvalue weighted by molar-refractivity contribution is 5.96. The van der Waals surface area contributed by atoms with Crippen LogP contribution in [0.15, 0.2) is 42.5 Å². The van der Waals surface area contributed by atoms with Crippen LogP contribution in [-0.4, -0.2) is 40.8 Å². The SMILES string of the molecule is Cc1cc(C(=O)NCC(C)(C)O)cc(C)c1-c1ccc(F)c2c1CCC2Oc1ccc2c(c1)OC[C@H]2CC(=O)O. The highest BCUT2D eigenvalue weighted by atomic mass is 19.1. The van der Waals surface area contributed by atoms with Crippen LogP contribution in [0.5, 0.6) is 11.5 Å². The summed E-state index contributed by atoms with van der Waals surface area (Å²) in [4.78, 5) is 23.9. The number of aliphatic carboxylic acids is 1. The molecule has 210 valence electrons. The van der Waals surface area contributed by atoms with Crippen LogP contribution in [0.25, 0.3) is 11.1 Å². The minimum atomic E-state index is -1.01. The van der Waals surface area contributed by atoms with E-state index in [4.69, 9.17) is 14.6 Å². The summed E-state index contributed by atoms with van der Waals surface area (Å²) in [6, 6.07) is 12.3. The summed E-state index contributed by atoms with van der Waals surface area (Å²) in [7, 11) is 0. The Morgan fingerprint density at radius 2 is 1.85 bits per heavy atom. The summed E-state index contributed by atoms with van der Waals surface area (Å²) in [5.41, 5.74) is 5.47. The number of hydrogen-bond donors (Lipinski definition) is 3. The van der Waals surface area contributed by atoms with E-state index >= 15 is 4.39 Å². The molecule has 2 atom stereocenters. The molecule has 3 aromatic carbocycles. The van der Waals surface area contributed by atoms with E-state index in [1.54, 1.807) is 32.0 Å². The van der Waals surface area contributed by atoms with E-state index in [-0.39, 0.29) is 30.6 Å². The Labute approximate surface area is 232 Å². The van der Waals surface area contributed by atoms with Gasteiger partial charge in [-0.15, -0.1) is 0 Å². The molecule has 40 heavy (non-hydrogen) atoms. The zero-order valence-electron chi connectivity index (χ0n) is 23.1. The highest BCUT2D eigenvalue weighted by Crippen LogP contribution is 2.45. The Morgan fingerprint density at radius 1 is 1.12 bits per heavy atom. The van der Waals surface area contributed by atoms with Gasteiger partial charge < -0.3 is 25.0 Å². The van der Waals surface area contributed by atoms with Gasteiger partial charge in [-0.25, -0.2) is 4.39 Å². The van der Waals surface area contributed by atoms with Crippen molar-refractivity contribution in [2.24, 2.45) is 0 Å². The minimum absolute atomic E-state index is 0.00250. The summed E-state index contributed by atoms with van der Waals surface area (Å²) in [6.07, 6.45) is 0.778. The van der Waals surface area contributed by atoms with Gasteiger partial charge >= 0.3 is 5.97 Å². The van der Waals surface area contributed by atoms with Crippen molar-refractivity contribution in [3.63, 3.8) is 0 Å². The van der Waals surface area contributed by atoms with Crippen LogP contribution in [0, 0.1) is 19.7 Å². The van der Waals surface area contributed by atoms with E-state index in [1.165, 1.54) is 6.07 Å². The lowest BCUT2D eigenvalue weighted by Gasteiger charge is -2.20. The molecule has 1 aliphatic heterocycles. The number of carbonyl (C=O) groups is 2. The second kappa shape index (κ2) is 10.6. The number of carboxylic acids is 1. The van der Waals surface area contributed by atoms with E-state index in [9.17, 15) is 14.7 Å². The largest absolute Gasteiger partial charge is 0.492 e. The van der Waals surface area contributed by atoms with Crippen LogP contribution >= 0.6 is 0 Å². The predicted molar refractivity (Wildman–Crippen MR) is 149 cm³/mol. The molecule has 0 bridgehead atoms. The molecule has 3 aromatic rings. The van der Waals surface area contributed by atoms with Gasteiger partial charge in [-0.3, -0.25) is 9.59 Å². The second-order valence-corrected chi connectivity index (χ2v) is 11.4. The molecule has 0 spiro atoms. The van der Waals surface area contributed by atoms with Crippen LogP contribution in [0.4, 0.5) is 4.39 Å². The summed E-state index contributed by atoms with van der Waals surface area (Å²) < 4.78 is 27.2. The first kappa shape index (κ1) is 27.6. The molecule has 0 fully saturated rings. The van der Waals surface area contributed by atoms with Gasteiger partial charge in [-0.2, -0.15) is 0 Å². The van der Waals surface area contributed by atoms with Gasteiger partial charge in [0.1, 0.15) is 23.4 Å². The lowest BCUT2D eigenvalue weighted by atomic mass is 9.89. The topological polar surface area (TPSA) is 105 Å². The van der Waals surface area contributed by atoms with Crippen molar-refractivity contribution in [1.82, 2.24) is 5.32 Å². The maximum Gasteiger partial charge on any atom is 0.304 e. The number of aliphatic hydroxyl groups is 1. The molecule has 7 nitrogen and oxygen atoms in total. The van der Waals surface area contributed by atoms with Gasteiger partial charge in [0, 0.05) is 35.2 Å². The summed E-state index contributed by atoms with van der Waals surface area (Å²) in [6.45, 7) is 7.60. The molecular weight excluding hydrogens is 513 g/mol. The Hall–Kier alpha value is -3.91. The Kier molecular flexibility index (Phi) is 7.31. The zero-order chi connectivity index (χ0) is 28.8. The normalized spacial score (nSPS) is 17.6. The van der Waals surface area contributed by atoms with Gasteiger partial charge in [0.05, 0.1) is 18.6 Å². The highest BCUT2D eigenvalue weighted by Gasteiger charge is 2.32. The fourth-order valence-corrected chi connectivity index (χ4v) is 5.82. The smallest absolute Gasteiger partial charge is 0.304 e. The Morgan fingerprint density at radius 3 is 2.52 bits per heavy atom. The van der Waals surface area contributed by atoms with Crippen molar-refractivity contribution in [2.45, 2.75) is 64.6 Å². The third-order valence-corrected chi connectivity index (χ3v) is 7.59. The molecule has 8 heteroatoms. The van der Waals surface area contributed by atoms with E-state index in [0.717, 1.165) is 33.4 Å². The number of aryl methyl sites for hydroxylation is 2.